The first-order chi connectivity index (χ1) is 11.5. The van der Waals surface area contributed by atoms with Gasteiger partial charge in [-0.3, -0.25) is 4.79 Å². The number of hydrogen-bond donors (Lipinski definition) is 0. The summed E-state index contributed by atoms with van der Waals surface area (Å²) >= 11 is 0. The lowest BCUT2D eigenvalue weighted by molar-refractivity contribution is -0.131. The SMILES string of the molecule is CCS(=O)(=O)N1CCN(C(=O)Cc2ccc3ccccc3c2)CC1. The van der Waals surface area contributed by atoms with Crippen LogP contribution < -0.4 is 0 Å². The Morgan fingerprint density at radius 2 is 1.67 bits per heavy atom. The van der Waals surface area contributed by atoms with Gasteiger partial charge in [0, 0.05) is 26.2 Å². The lowest BCUT2D eigenvalue weighted by Gasteiger charge is -2.33. The molecule has 128 valence electrons. The van der Waals surface area contributed by atoms with E-state index >= 15 is 0 Å². The summed E-state index contributed by atoms with van der Waals surface area (Å²) in [4.78, 5) is 14.2. The number of piperazine rings is 1. The van der Waals surface area contributed by atoms with Crippen molar-refractivity contribution in [1.82, 2.24) is 9.21 Å². The molecule has 1 aliphatic heterocycles. The fourth-order valence-corrected chi connectivity index (χ4v) is 4.12. The molecule has 24 heavy (non-hydrogen) atoms. The number of benzene rings is 2. The normalized spacial score (nSPS) is 16.5. The summed E-state index contributed by atoms with van der Waals surface area (Å²) in [6.45, 7) is 3.35. The van der Waals surface area contributed by atoms with Crippen molar-refractivity contribution in [2.75, 3.05) is 31.9 Å². The van der Waals surface area contributed by atoms with Crippen LogP contribution in [0, 0.1) is 0 Å². The third-order valence-corrected chi connectivity index (χ3v) is 6.40. The maximum absolute atomic E-state index is 12.5. The van der Waals surface area contributed by atoms with E-state index < -0.39 is 10.0 Å². The molecule has 1 heterocycles. The summed E-state index contributed by atoms with van der Waals surface area (Å²) in [5, 5.41) is 2.29. The van der Waals surface area contributed by atoms with Gasteiger partial charge >= 0.3 is 0 Å². The van der Waals surface area contributed by atoms with Gasteiger partial charge in [-0.2, -0.15) is 4.31 Å². The standard InChI is InChI=1S/C18H22N2O3S/c1-2-24(22,23)20-11-9-19(10-12-20)18(21)14-15-7-8-16-5-3-4-6-17(16)13-15/h3-8,13H,2,9-12,14H2,1H3. The smallest absolute Gasteiger partial charge is 0.227 e. The highest BCUT2D eigenvalue weighted by Crippen LogP contribution is 2.17. The van der Waals surface area contributed by atoms with Crippen molar-refractivity contribution in [2.24, 2.45) is 0 Å². The monoisotopic (exact) mass is 346 g/mol. The van der Waals surface area contributed by atoms with Crippen molar-refractivity contribution in [3.05, 3.63) is 48.0 Å². The summed E-state index contributed by atoms with van der Waals surface area (Å²) in [7, 11) is -3.16. The molecule has 0 saturated carbocycles. The minimum Gasteiger partial charge on any atom is -0.340 e. The lowest BCUT2D eigenvalue weighted by Crippen LogP contribution is -2.51. The molecule has 1 aliphatic rings. The first kappa shape index (κ1) is 16.9. The molecule has 0 spiro atoms. The number of rotatable bonds is 4. The Hall–Kier alpha value is -1.92. The summed E-state index contributed by atoms with van der Waals surface area (Å²) in [5.74, 6) is 0.164. The van der Waals surface area contributed by atoms with Crippen molar-refractivity contribution in [3.8, 4) is 0 Å². The Morgan fingerprint density at radius 3 is 2.33 bits per heavy atom. The van der Waals surface area contributed by atoms with E-state index in [0.717, 1.165) is 16.3 Å². The van der Waals surface area contributed by atoms with Crippen LogP contribution in [0.5, 0.6) is 0 Å². The van der Waals surface area contributed by atoms with Crippen LogP contribution in [0.2, 0.25) is 0 Å². The van der Waals surface area contributed by atoms with Crippen LogP contribution in [0.1, 0.15) is 12.5 Å². The van der Waals surface area contributed by atoms with Gasteiger partial charge in [-0.25, -0.2) is 8.42 Å². The minimum atomic E-state index is -3.16. The average Bonchev–Trinajstić information content (AvgIpc) is 2.61. The zero-order chi connectivity index (χ0) is 17.2. The number of hydrogen-bond acceptors (Lipinski definition) is 3. The van der Waals surface area contributed by atoms with E-state index in [1.165, 1.54) is 4.31 Å². The molecule has 0 atom stereocenters. The molecular formula is C18H22N2O3S. The van der Waals surface area contributed by atoms with Crippen LogP contribution in [0.15, 0.2) is 42.5 Å². The lowest BCUT2D eigenvalue weighted by atomic mass is 10.0. The van der Waals surface area contributed by atoms with Crippen LogP contribution in [-0.4, -0.2) is 55.5 Å². The highest BCUT2D eigenvalue weighted by Gasteiger charge is 2.27. The van der Waals surface area contributed by atoms with Gasteiger partial charge in [0.1, 0.15) is 0 Å². The van der Waals surface area contributed by atoms with E-state index in [-0.39, 0.29) is 11.7 Å². The van der Waals surface area contributed by atoms with Gasteiger partial charge in [-0.15, -0.1) is 0 Å². The molecule has 6 heteroatoms. The van der Waals surface area contributed by atoms with E-state index in [1.807, 2.05) is 42.5 Å². The zero-order valence-electron chi connectivity index (χ0n) is 13.8. The summed E-state index contributed by atoms with van der Waals surface area (Å²) < 4.78 is 25.2. The Balaban J connectivity index is 1.63. The van der Waals surface area contributed by atoms with Crippen molar-refractivity contribution in [1.29, 1.82) is 0 Å². The average molecular weight is 346 g/mol. The summed E-state index contributed by atoms with van der Waals surface area (Å²) in [6, 6.07) is 14.1. The molecule has 0 unspecified atom stereocenters. The van der Waals surface area contributed by atoms with Gasteiger partial charge in [-0.05, 0) is 23.3 Å². The fraction of sp³-hybridized carbons (Fsp3) is 0.389. The number of sulfonamides is 1. The highest BCUT2D eigenvalue weighted by atomic mass is 32.2. The first-order valence-electron chi connectivity index (χ1n) is 8.23. The van der Waals surface area contributed by atoms with Crippen molar-refractivity contribution in [2.45, 2.75) is 13.3 Å². The van der Waals surface area contributed by atoms with Crippen LogP contribution in [0.4, 0.5) is 0 Å². The van der Waals surface area contributed by atoms with E-state index in [2.05, 4.69) is 0 Å². The molecule has 0 bridgehead atoms. The van der Waals surface area contributed by atoms with Gasteiger partial charge in [0.15, 0.2) is 0 Å². The van der Waals surface area contributed by atoms with Gasteiger partial charge in [0.2, 0.25) is 15.9 Å². The van der Waals surface area contributed by atoms with Crippen molar-refractivity contribution in [3.63, 3.8) is 0 Å². The van der Waals surface area contributed by atoms with Crippen molar-refractivity contribution < 1.29 is 13.2 Å². The summed E-state index contributed by atoms with van der Waals surface area (Å²) in [5.41, 5.74) is 0.988. The molecule has 1 fully saturated rings. The van der Waals surface area contributed by atoms with Crippen LogP contribution in [-0.2, 0) is 21.2 Å². The Labute approximate surface area is 142 Å². The number of carbonyl (C=O) groups excluding carboxylic acids is 1. The quantitative estimate of drug-likeness (QED) is 0.849. The van der Waals surface area contributed by atoms with Crippen LogP contribution >= 0.6 is 0 Å². The molecule has 3 rings (SSSR count). The molecule has 2 aromatic carbocycles. The fourth-order valence-electron chi connectivity index (χ4n) is 3.03. The van der Waals surface area contributed by atoms with E-state index in [1.54, 1.807) is 11.8 Å². The van der Waals surface area contributed by atoms with Crippen LogP contribution in [0.3, 0.4) is 0 Å². The van der Waals surface area contributed by atoms with Gasteiger partial charge in [-0.1, -0.05) is 42.5 Å². The number of nitrogens with zero attached hydrogens (tertiary/aromatic N) is 2. The molecule has 0 N–H and O–H groups in total. The molecule has 0 radical (unpaired) electrons. The number of carbonyl (C=O) groups is 1. The zero-order valence-corrected chi connectivity index (χ0v) is 14.6. The molecular weight excluding hydrogens is 324 g/mol. The second-order valence-electron chi connectivity index (χ2n) is 6.04. The molecule has 0 aromatic heterocycles. The van der Waals surface area contributed by atoms with E-state index in [9.17, 15) is 13.2 Å². The molecule has 0 aliphatic carbocycles. The third-order valence-electron chi connectivity index (χ3n) is 4.52. The predicted molar refractivity (Wildman–Crippen MR) is 95.3 cm³/mol. The maximum Gasteiger partial charge on any atom is 0.227 e. The summed E-state index contributed by atoms with van der Waals surface area (Å²) in [6.07, 6.45) is 0.353. The largest absolute Gasteiger partial charge is 0.340 e. The van der Waals surface area contributed by atoms with Gasteiger partial charge < -0.3 is 4.90 Å². The molecule has 1 amide bonds. The molecule has 2 aromatic rings. The molecule has 5 nitrogen and oxygen atoms in total. The second kappa shape index (κ2) is 6.91. The maximum atomic E-state index is 12.5. The van der Waals surface area contributed by atoms with Crippen molar-refractivity contribution >= 4 is 26.7 Å². The topological polar surface area (TPSA) is 57.7 Å². The number of amides is 1. The number of fused-ring (bicyclic) bond motifs is 1. The van der Waals surface area contributed by atoms with E-state index in [4.69, 9.17) is 0 Å². The highest BCUT2D eigenvalue weighted by molar-refractivity contribution is 7.89. The molecule has 1 saturated heterocycles. The van der Waals surface area contributed by atoms with Crippen LogP contribution in [0.25, 0.3) is 10.8 Å². The first-order valence-corrected chi connectivity index (χ1v) is 9.84. The third kappa shape index (κ3) is 3.60. The Bertz CT molecular complexity index is 840. The minimum absolute atomic E-state index is 0.0545. The van der Waals surface area contributed by atoms with Gasteiger partial charge in [0.25, 0.3) is 0 Å². The van der Waals surface area contributed by atoms with Gasteiger partial charge in [0.05, 0.1) is 12.2 Å². The second-order valence-corrected chi connectivity index (χ2v) is 8.30. The van der Waals surface area contributed by atoms with E-state index in [0.29, 0.717) is 32.6 Å². The predicted octanol–water partition coefficient (Wildman–Crippen LogP) is 1.88. The Morgan fingerprint density at radius 1 is 1.00 bits per heavy atom. The Kier molecular flexibility index (Phi) is 4.87.